The van der Waals surface area contributed by atoms with Gasteiger partial charge < -0.3 is 10.1 Å². The van der Waals surface area contributed by atoms with Crippen molar-refractivity contribution in [2.75, 3.05) is 40.4 Å². The second kappa shape index (κ2) is 8.84. The number of methoxy groups -OCH3 is 1. The molecule has 0 radical (unpaired) electrons. The molecular weight excluding hydrogens is 324 g/mol. The maximum Gasteiger partial charge on any atom is 0.234 e. The highest BCUT2D eigenvalue weighted by molar-refractivity contribution is 9.10. The third-order valence-corrected chi connectivity index (χ3v) is 3.32. The van der Waals surface area contributed by atoms with Crippen molar-refractivity contribution in [1.82, 2.24) is 10.2 Å². The first-order chi connectivity index (χ1) is 9.54. The lowest BCUT2D eigenvalue weighted by molar-refractivity contribution is -0.122. The third kappa shape index (κ3) is 5.81. The molecule has 6 heteroatoms. The quantitative estimate of drug-likeness (QED) is 0.572. The maximum atomic E-state index is 12.1. The zero-order valence-electron chi connectivity index (χ0n) is 11.7. The van der Waals surface area contributed by atoms with Crippen molar-refractivity contribution in [3.8, 4) is 0 Å². The second-order valence-electron chi connectivity index (χ2n) is 4.42. The van der Waals surface area contributed by atoms with Gasteiger partial charge in [-0.3, -0.25) is 14.5 Å². The summed E-state index contributed by atoms with van der Waals surface area (Å²) < 4.78 is 5.61. The van der Waals surface area contributed by atoms with Gasteiger partial charge in [-0.05, 0) is 13.1 Å². The smallest absolute Gasteiger partial charge is 0.234 e. The average Bonchev–Trinajstić information content (AvgIpc) is 2.39. The molecule has 0 saturated carbocycles. The van der Waals surface area contributed by atoms with E-state index >= 15 is 0 Å². The number of hydrogen-bond donors (Lipinski definition) is 1. The molecule has 0 saturated heterocycles. The molecule has 0 atom stereocenters. The van der Waals surface area contributed by atoms with Gasteiger partial charge in [0.15, 0.2) is 5.78 Å². The fourth-order valence-corrected chi connectivity index (χ4v) is 2.17. The standard InChI is InChI=1S/C14H19BrN2O3/c1-17(10-14(19)16-7-8-20-2)9-13(18)11-5-3-4-6-12(11)15/h3-6H,7-10H2,1-2H3,(H,16,19). The van der Waals surface area contributed by atoms with Crippen molar-refractivity contribution < 1.29 is 14.3 Å². The Kier molecular flexibility index (Phi) is 7.43. The lowest BCUT2D eigenvalue weighted by Gasteiger charge is -2.15. The van der Waals surface area contributed by atoms with Gasteiger partial charge in [-0.2, -0.15) is 0 Å². The highest BCUT2D eigenvalue weighted by atomic mass is 79.9. The fraction of sp³-hybridized carbons (Fsp3) is 0.429. The topological polar surface area (TPSA) is 58.6 Å². The Morgan fingerprint density at radius 1 is 1.30 bits per heavy atom. The van der Waals surface area contributed by atoms with Crippen LogP contribution < -0.4 is 5.32 Å². The number of halogens is 1. The molecule has 0 fully saturated rings. The summed E-state index contributed by atoms with van der Waals surface area (Å²) in [5, 5.41) is 2.71. The Hall–Kier alpha value is -1.24. The normalized spacial score (nSPS) is 10.6. The van der Waals surface area contributed by atoms with Gasteiger partial charge in [0.1, 0.15) is 0 Å². The van der Waals surface area contributed by atoms with Gasteiger partial charge in [0.05, 0.1) is 19.7 Å². The Bertz CT molecular complexity index is 465. The van der Waals surface area contributed by atoms with Gasteiger partial charge in [0.25, 0.3) is 0 Å². The third-order valence-electron chi connectivity index (χ3n) is 2.63. The summed E-state index contributed by atoms with van der Waals surface area (Å²) in [6, 6.07) is 7.26. The highest BCUT2D eigenvalue weighted by Crippen LogP contribution is 2.16. The van der Waals surface area contributed by atoms with E-state index in [9.17, 15) is 9.59 Å². The first kappa shape index (κ1) is 16.8. The number of carbonyl (C=O) groups is 2. The first-order valence-electron chi connectivity index (χ1n) is 6.26. The molecule has 0 aliphatic rings. The summed E-state index contributed by atoms with van der Waals surface area (Å²) in [5.74, 6) is -0.144. The van der Waals surface area contributed by atoms with Crippen LogP contribution in [0.3, 0.4) is 0 Å². The van der Waals surface area contributed by atoms with Crippen LogP contribution in [0.4, 0.5) is 0 Å². The zero-order valence-corrected chi connectivity index (χ0v) is 13.3. The number of benzene rings is 1. The van der Waals surface area contributed by atoms with Crippen LogP contribution in [0.1, 0.15) is 10.4 Å². The second-order valence-corrected chi connectivity index (χ2v) is 5.27. The number of carbonyl (C=O) groups excluding carboxylic acids is 2. The first-order valence-corrected chi connectivity index (χ1v) is 7.05. The molecular formula is C14H19BrN2O3. The molecule has 1 N–H and O–H groups in total. The van der Waals surface area contributed by atoms with E-state index in [0.29, 0.717) is 18.7 Å². The molecule has 1 aromatic carbocycles. The van der Waals surface area contributed by atoms with Gasteiger partial charge in [-0.1, -0.05) is 34.1 Å². The van der Waals surface area contributed by atoms with Crippen LogP contribution in [0, 0.1) is 0 Å². The molecule has 1 amide bonds. The molecule has 110 valence electrons. The van der Waals surface area contributed by atoms with Crippen molar-refractivity contribution in [3.05, 3.63) is 34.3 Å². The van der Waals surface area contributed by atoms with E-state index in [1.54, 1.807) is 25.1 Å². The number of Topliss-reactive ketones (excluding diaryl/α,β-unsaturated/α-hetero) is 1. The summed E-state index contributed by atoms with van der Waals surface area (Å²) in [4.78, 5) is 25.4. The monoisotopic (exact) mass is 342 g/mol. The lowest BCUT2D eigenvalue weighted by atomic mass is 10.1. The van der Waals surface area contributed by atoms with Crippen LogP contribution >= 0.6 is 15.9 Å². The number of hydrogen-bond acceptors (Lipinski definition) is 4. The number of nitrogens with zero attached hydrogens (tertiary/aromatic N) is 1. The molecule has 0 bridgehead atoms. The summed E-state index contributed by atoms with van der Waals surface area (Å²) in [7, 11) is 3.32. The van der Waals surface area contributed by atoms with Crippen LogP contribution in [-0.2, 0) is 9.53 Å². The van der Waals surface area contributed by atoms with Gasteiger partial charge in [0, 0.05) is 23.7 Å². The average molecular weight is 343 g/mol. The molecule has 0 unspecified atom stereocenters. The minimum absolute atomic E-state index is 0.0235. The molecule has 0 heterocycles. The minimum Gasteiger partial charge on any atom is -0.383 e. The Morgan fingerprint density at radius 2 is 2.00 bits per heavy atom. The molecule has 0 aliphatic carbocycles. The van der Waals surface area contributed by atoms with E-state index in [-0.39, 0.29) is 24.8 Å². The SMILES string of the molecule is COCCNC(=O)CN(C)CC(=O)c1ccccc1Br. The van der Waals surface area contributed by atoms with Crippen LogP contribution in [0.25, 0.3) is 0 Å². The Morgan fingerprint density at radius 3 is 2.65 bits per heavy atom. The summed E-state index contributed by atoms with van der Waals surface area (Å²) in [6.07, 6.45) is 0. The van der Waals surface area contributed by atoms with E-state index in [1.807, 2.05) is 18.2 Å². The molecule has 0 spiro atoms. The van der Waals surface area contributed by atoms with Crippen LogP contribution in [0.15, 0.2) is 28.7 Å². The summed E-state index contributed by atoms with van der Waals surface area (Å²) >= 11 is 3.35. The van der Waals surface area contributed by atoms with Crippen LogP contribution in [-0.4, -0.2) is 57.0 Å². The van der Waals surface area contributed by atoms with Crippen LogP contribution in [0.5, 0.6) is 0 Å². The predicted octanol–water partition coefficient (Wildman–Crippen LogP) is 1.33. The van der Waals surface area contributed by atoms with Gasteiger partial charge in [0.2, 0.25) is 5.91 Å². The van der Waals surface area contributed by atoms with E-state index < -0.39 is 0 Å². The highest BCUT2D eigenvalue weighted by Gasteiger charge is 2.14. The van der Waals surface area contributed by atoms with Crippen molar-refractivity contribution in [3.63, 3.8) is 0 Å². The van der Waals surface area contributed by atoms with E-state index in [1.165, 1.54) is 0 Å². The summed E-state index contributed by atoms with van der Waals surface area (Å²) in [6.45, 7) is 1.33. The fourth-order valence-electron chi connectivity index (χ4n) is 1.67. The zero-order chi connectivity index (χ0) is 15.0. The molecule has 1 rings (SSSR count). The van der Waals surface area contributed by atoms with E-state index in [4.69, 9.17) is 4.74 Å². The molecule has 0 aromatic heterocycles. The molecule has 1 aromatic rings. The lowest BCUT2D eigenvalue weighted by Crippen LogP contribution is -2.38. The van der Waals surface area contributed by atoms with E-state index in [0.717, 1.165) is 4.47 Å². The van der Waals surface area contributed by atoms with Crippen molar-refractivity contribution in [2.24, 2.45) is 0 Å². The van der Waals surface area contributed by atoms with Crippen molar-refractivity contribution in [2.45, 2.75) is 0 Å². The number of amides is 1. The predicted molar refractivity (Wildman–Crippen MR) is 80.9 cm³/mol. The maximum absolute atomic E-state index is 12.1. The molecule has 5 nitrogen and oxygen atoms in total. The molecule has 20 heavy (non-hydrogen) atoms. The van der Waals surface area contributed by atoms with Crippen LogP contribution in [0.2, 0.25) is 0 Å². The number of nitrogens with one attached hydrogen (secondary N) is 1. The summed E-state index contributed by atoms with van der Waals surface area (Å²) in [5.41, 5.74) is 0.624. The van der Waals surface area contributed by atoms with Crippen molar-refractivity contribution >= 4 is 27.6 Å². The Balaban J connectivity index is 2.42. The number of ether oxygens (including phenoxy) is 1. The molecule has 0 aliphatic heterocycles. The van der Waals surface area contributed by atoms with Gasteiger partial charge in [-0.25, -0.2) is 0 Å². The number of likely N-dealkylation sites (N-methyl/N-ethyl adjacent to an activating group) is 1. The van der Waals surface area contributed by atoms with Crippen molar-refractivity contribution in [1.29, 1.82) is 0 Å². The largest absolute Gasteiger partial charge is 0.383 e. The van der Waals surface area contributed by atoms with Gasteiger partial charge in [-0.15, -0.1) is 0 Å². The number of rotatable bonds is 8. The van der Waals surface area contributed by atoms with Gasteiger partial charge >= 0.3 is 0 Å². The number of ketones is 1. The Labute approximate surface area is 127 Å². The van der Waals surface area contributed by atoms with E-state index in [2.05, 4.69) is 21.2 Å². The minimum atomic E-state index is -0.121.